The van der Waals surface area contributed by atoms with E-state index in [4.69, 9.17) is 0 Å². The molecule has 0 N–H and O–H groups in total. The van der Waals surface area contributed by atoms with E-state index >= 15 is 0 Å². The van der Waals surface area contributed by atoms with E-state index in [0.717, 1.165) is 19.3 Å². The van der Waals surface area contributed by atoms with Crippen LogP contribution in [0.3, 0.4) is 0 Å². The molecule has 0 amide bonds. The molecular weight excluding hydrogens is 254 g/mol. The summed E-state index contributed by atoms with van der Waals surface area (Å²) in [6.45, 7) is 5.18. The Balaban J connectivity index is -0.00000112. The van der Waals surface area contributed by atoms with Crippen molar-refractivity contribution < 1.29 is 90.0 Å². The second-order valence-electron chi connectivity index (χ2n) is 4.51. The van der Waals surface area contributed by atoms with E-state index in [1.54, 1.807) is 13.8 Å². The molecule has 0 atom stereocenters. The summed E-state index contributed by atoms with van der Waals surface area (Å²) in [7, 11) is 0. The van der Waals surface area contributed by atoms with Crippen molar-refractivity contribution in [2.24, 2.45) is 11.3 Å². The van der Waals surface area contributed by atoms with Gasteiger partial charge in [0.05, 0.1) is 17.4 Å². The smallest absolute Gasteiger partial charge is 0.549 e. The molecule has 0 aliphatic carbocycles. The number of aliphatic carboxylic acids is 2. The minimum atomic E-state index is -1.84. The molecular formula is C12H20KLiO4. The second-order valence-corrected chi connectivity index (χ2v) is 4.51. The zero-order valence-electron chi connectivity index (χ0n) is 12.2. The Labute approximate surface area is 164 Å². The van der Waals surface area contributed by atoms with E-state index in [1.807, 2.05) is 6.92 Å². The van der Waals surface area contributed by atoms with Crippen LogP contribution in [-0.2, 0) is 9.59 Å². The Morgan fingerprint density at radius 1 is 1.06 bits per heavy atom. The average molecular weight is 274 g/mol. The van der Waals surface area contributed by atoms with Crippen molar-refractivity contribution in [3.8, 4) is 0 Å². The quantitative estimate of drug-likeness (QED) is 0.251. The molecule has 94 valence electrons. The minimum Gasteiger partial charge on any atom is -0.549 e. The third-order valence-corrected chi connectivity index (χ3v) is 3.14. The number of carbonyl (C=O) groups is 2. The Hall–Kier alpha value is 1.17. The Bertz CT molecular complexity index is 242. The third kappa shape index (κ3) is 6.56. The van der Waals surface area contributed by atoms with E-state index in [9.17, 15) is 19.8 Å². The predicted molar refractivity (Wildman–Crippen MR) is 56.0 cm³/mol. The molecule has 4 nitrogen and oxygen atoms in total. The third-order valence-electron chi connectivity index (χ3n) is 3.14. The molecule has 0 spiro atoms. The van der Waals surface area contributed by atoms with Crippen molar-refractivity contribution in [2.75, 3.05) is 0 Å². The number of hydrogen-bond donors (Lipinski definition) is 0. The molecule has 0 aliphatic rings. The Kier molecular flexibility index (Phi) is 16.1. The fraction of sp³-hybridized carbons (Fsp3) is 0.833. The summed E-state index contributed by atoms with van der Waals surface area (Å²) < 4.78 is 0. The van der Waals surface area contributed by atoms with Crippen LogP contribution in [0.2, 0.25) is 0 Å². The van der Waals surface area contributed by atoms with Crippen molar-refractivity contribution in [2.45, 2.75) is 52.9 Å². The van der Waals surface area contributed by atoms with Crippen molar-refractivity contribution in [1.82, 2.24) is 0 Å². The van der Waals surface area contributed by atoms with Crippen molar-refractivity contribution in [3.63, 3.8) is 0 Å². The molecule has 0 bridgehead atoms. The number of carboxylic acid groups (broad SMARTS) is 2. The van der Waals surface area contributed by atoms with Gasteiger partial charge in [-0.2, -0.15) is 0 Å². The molecule has 0 aromatic rings. The molecule has 0 rings (SSSR count). The van der Waals surface area contributed by atoms with E-state index in [2.05, 4.69) is 0 Å². The first kappa shape index (κ1) is 24.2. The zero-order valence-corrected chi connectivity index (χ0v) is 15.4. The van der Waals surface area contributed by atoms with E-state index in [0.29, 0.717) is 6.42 Å². The summed E-state index contributed by atoms with van der Waals surface area (Å²) in [6, 6.07) is 0. The van der Waals surface area contributed by atoms with Gasteiger partial charge in [-0.3, -0.25) is 0 Å². The fourth-order valence-electron chi connectivity index (χ4n) is 1.88. The number of unbranched alkanes of at least 4 members (excludes halogenated alkanes) is 3. The normalized spacial score (nSPS) is 10.4. The number of carboxylic acids is 2. The molecule has 0 radical (unpaired) electrons. The Morgan fingerprint density at radius 2 is 1.50 bits per heavy atom. The van der Waals surface area contributed by atoms with Gasteiger partial charge in [-0.1, -0.05) is 46.5 Å². The fourth-order valence-corrected chi connectivity index (χ4v) is 1.88. The van der Waals surface area contributed by atoms with Gasteiger partial charge >= 0.3 is 70.2 Å². The van der Waals surface area contributed by atoms with Crippen molar-refractivity contribution in [3.05, 3.63) is 0 Å². The SMILES string of the molecule is CCCCCCC(C(=O)[O-])(C(=O)[O-])C(C)C.[K+].[Li+]. The standard InChI is InChI=1S/C12H22O4.K.Li/c1-4-5-6-7-8-12(9(2)3,10(13)14)11(15)16;;/h9H,4-8H2,1-3H3,(H,13,14)(H,15,16);;/q;2*+1/p-2. The first-order chi connectivity index (χ1) is 7.39. The van der Waals surface area contributed by atoms with Gasteiger partial charge in [0.15, 0.2) is 0 Å². The van der Waals surface area contributed by atoms with Crippen LogP contribution in [-0.4, -0.2) is 11.9 Å². The van der Waals surface area contributed by atoms with Crippen molar-refractivity contribution >= 4 is 11.9 Å². The van der Waals surface area contributed by atoms with Crippen LogP contribution in [0.1, 0.15) is 52.9 Å². The topological polar surface area (TPSA) is 80.3 Å². The van der Waals surface area contributed by atoms with E-state index in [-0.39, 0.29) is 76.7 Å². The van der Waals surface area contributed by atoms with Crippen LogP contribution in [0.25, 0.3) is 0 Å². The largest absolute Gasteiger partial charge is 1.00 e. The summed E-state index contributed by atoms with van der Waals surface area (Å²) in [6.07, 6.45) is 3.51. The summed E-state index contributed by atoms with van der Waals surface area (Å²) in [5.74, 6) is -3.58. The molecule has 0 heterocycles. The average Bonchev–Trinajstić information content (AvgIpc) is 2.16. The van der Waals surface area contributed by atoms with Crippen LogP contribution >= 0.6 is 0 Å². The summed E-state index contributed by atoms with van der Waals surface area (Å²) in [5.41, 5.74) is -1.84. The molecule has 6 heteroatoms. The Morgan fingerprint density at radius 3 is 1.78 bits per heavy atom. The van der Waals surface area contributed by atoms with Crippen LogP contribution < -0.4 is 80.5 Å². The van der Waals surface area contributed by atoms with Crippen molar-refractivity contribution in [1.29, 1.82) is 0 Å². The maximum atomic E-state index is 11.0. The van der Waals surface area contributed by atoms with Gasteiger partial charge in [-0.05, 0) is 12.3 Å². The number of carbonyl (C=O) groups excluding carboxylic acids is 2. The second kappa shape index (κ2) is 12.0. The number of hydrogen-bond acceptors (Lipinski definition) is 4. The van der Waals surface area contributed by atoms with Gasteiger partial charge in [-0.15, -0.1) is 0 Å². The molecule has 0 fully saturated rings. The summed E-state index contributed by atoms with van der Waals surface area (Å²) >= 11 is 0. The monoisotopic (exact) mass is 274 g/mol. The molecule has 0 unspecified atom stereocenters. The van der Waals surface area contributed by atoms with E-state index in [1.165, 1.54) is 0 Å². The van der Waals surface area contributed by atoms with Crippen LogP contribution in [0.4, 0.5) is 0 Å². The molecule has 0 saturated carbocycles. The maximum Gasteiger partial charge on any atom is 1.00 e. The van der Waals surface area contributed by atoms with E-state index < -0.39 is 23.3 Å². The van der Waals surface area contributed by atoms with Crippen LogP contribution in [0.15, 0.2) is 0 Å². The molecule has 0 aliphatic heterocycles. The molecule has 0 saturated heterocycles. The first-order valence-electron chi connectivity index (χ1n) is 5.82. The molecule has 18 heavy (non-hydrogen) atoms. The van der Waals surface area contributed by atoms with Gasteiger partial charge in [0.1, 0.15) is 0 Å². The summed E-state index contributed by atoms with van der Waals surface area (Å²) in [4.78, 5) is 22.1. The minimum absolute atomic E-state index is 0. The number of rotatable bonds is 8. The maximum absolute atomic E-state index is 11.0. The predicted octanol–water partition coefficient (Wildman–Crippen LogP) is -5.89. The van der Waals surface area contributed by atoms with Gasteiger partial charge in [0.25, 0.3) is 0 Å². The molecule has 0 aromatic heterocycles. The van der Waals surface area contributed by atoms with Gasteiger partial charge in [0.2, 0.25) is 0 Å². The van der Waals surface area contributed by atoms with Crippen LogP contribution in [0.5, 0.6) is 0 Å². The van der Waals surface area contributed by atoms with Gasteiger partial charge in [0, 0.05) is 0 Å². The first-order valence-corrected chi connectivity index (χ1v) is 5.82. The van der Waals surface area contributed by atoms with Gasteiger partial charge < -0.3 is 19.8 Å². The van der Waals surface area contributed by atoms with Gasteiger partial charge in [-0.25, -0.2) is 0 Å². The molecule has 0 aromatic carbocycles. The summed E-state index contributed by atoms with van der Waals surface area (Å²) in [5, 5.41) is 22.1. The zero-order chi connectivity index (χ0) is 12.8. The van der Waals surface area contributed by atoms with Crippen LogP contribution in [0, 0.1) is 11.3 Å².